The quantitative estimate of drug-likeness (QED) is 0.720. The number of hydrogen-bond acceptors (Lipinski definition) is 4. The Morgan fingerprint density at radius 3 is 2.81 bits per heavy atom. The minimum Gasteiger partial charge on any atom is -0.354 e. The van der Waals surface area contributed by atoms with Crippen LogP contribution in [0, 0.1) is 5.82 Å². The first-order chi connectivity index (χ1) is 12.8. The second-order valence-electron chi connectivity index (χ2n) is 6.25. The van der Waals surface area contributed by atoms with E-state index in [1.54, 1.807) is 11.3 Å². The van der Waals surface area contributed by atoms with Gasteiger partial charge in [-0.25, -0.2) is 9.18 Å². The highest BCUT2D eigenvalue weighted by molar-refractivity contribution is 7.09. The summed E-state index contributed by atoms with van der Waals surface area (Å²) < 4.78 is 13.3. The van der Waals surface area contributed by atoms with Crippen LogP contribution in [0.5, 0.6) is 0 Å². The predicted molar refractivity (Wildman–Crippen MR) is 100 cm³/mol. The summed E-state index contributed by atoms with van der Waals surface area (Å²) in [6.07, 6.45) is 0.673. The van der Waals surface area contributed by atoms with Crippen LogP contribution in [0.15, 0.2) is 35.7 Å². The molecule has 1 aromatic carbocycles. The van der Waals surface area contributed by atoms with Gasteiger partial charge in [0.1, 0.15) is 17.9 Å². The molecule has 1 fully saturated rings. The molecule has 0 saturated carbocycles. The number of rotatable bonds is 6. The van der Waals surface area contributed by atoms with E-state index in [1.165, 1.54) is 13.0 Å². The summed E-state index contributed by atoms with van der Waals surface area (Å²) in [7, 11) is 0. The molecule has 1 atom stereocenters. The highest BCUT2D eigenvalue weighted by atomic mass is 35.5. The zero-order valence-electron chi connectivity index (χ0n) is 14.4. The first kappa shape index (κ1) is 19.3. The fourth-order valence-corrected chi connectivity index (χ4v) is 3.96. The minimum absolute atomic E-state index is 0.0217. The molecule has 6 nitrogen and oxygen atoms in total. The van der Waals surface area contributed by atoms with Gasteiger partial charge in [0.05, 0.1) is 0 Å². The molecule has 2 heterocycles. The van der Waals surface area contributed by atoms with Crippen molar-refractivity contribution >= 4 is 40.8 Å². The molecule has 4 amide bonds. The lowest BCUT2D eigenvalue weighted by molar-refractivity contribution is -0.134. The number of hydrogen-bond donors (Lipinski definition) is 2. The summed E-state index contributed by atoms with van der Waals surface area (Å²) in [6.45, 7) is 1.48. The molecule has 142 valence electrons. The van der Waals surface area contributed by atoms with Crippen molar-refractivity contribution in [2.45, 2.75) is 18.9 Å². The molecule has 1 saturated heterocycles. The molecule has 3 rings (SSSR count). The number of carbonyl (C=O) groups is 3. The van der Waals surface area contributed by atoms with Gasteiger partial charge >= 0.3 is 6.03 Å². The Bertz CT molecular complexity index is 890. The van der Waals surface area contributed by atoms with Crippen molar-refractivity contribution in [1.82, 2.24) is 15.5 Å². The lowest BCUT2D eigenvalue weighted by Gasteiger charge is -2.23. The van der Waals surface area contributed by atoms with Gasteiger partial charge in [-0.3, -0.25) is 14.5 Å². The Hall–Kier alpha value is -2.45. The number of imide groups is 1. The minimum atomic E-state index is -1.46. The van der Waals surface area contributed by atoms with Crippen molar-refractivity contribution in [3.63, 3.8) is 0 Å². The van der Waals surface area contributed by atoms with Gasteiger partial charge in [-0.05, 0) is 36.9 Å². The Balaban J connectivity index is 1.65. The molecule has 27 heavy (non-hydrogen) atoms. The van der Waals surface area contributed by atoms with E-state index in [0.717, 1.165) is 21.9 Å². The third-order valence-electron chi connectivity index (χ3n) is 4.32. The molecule has 1 unspecified atom stereocenters. The number of halogens is 2. The molecule has 2 N–H and O–H groups in total. The maximum atomic E-state index is 13.3. The van der Waals surface area contributed by atoms with Crippen LogP contribution < -0.4 is 10.6 Å². The van der Waals surface area contributed by atoms with Gasteiger partial charge in [0, 0.05) is 22.0 Å². The van der Waals surface area contributed by atoms with Gasteiger partial charge in [0.15, 0.2) is 0 Å². The predicted octanol–water partition coefficient (Wildman–Crippen LogP) is 2.67. The van der Waals surface area contributed by atoms with E-state index in [4.69, 9.17) is 11.6 Å². The first-order valence-corrected chi connectivity index (χ1v) is 9.46. The number of thiophene rings is 1. The van der Waals surface area contributed by atoms with Crippen LogP contribution in [0.1, 0.15) is 17.4 Å². The SMILES string of the molecule is CC1(c2ccc(F)cc2Cl)NC(=O)N(CC(=O)NCCc2cccs2)C1=O. The summed E-state index contributed by atoms with van der Waals surface area (Å²) >= 11 is 7.63. The molecule has 0 spiro atoms. The third kappa shape index (κ3) is 3.96. The Morgan fingerprint density at radius 2 is 2.15 bits per heavy atom. The van der Waals surface area contributed by atoms with Crippen LogP contribution >= 0.6 is 22.9 Å². The van der Waals surface area contributed by atoms with E-state index < -0.39 is 35.7 Å². The molecule has 1 aliphatic rings. The number of nitrogens with zero attached hydrogens (tertiary/aromatic N) is 1. The number of nitrogens with one attached hydrogen (secondary N) is 2. The fraction of sp³-hybridized carbons (Fsp3) is 0.278. The van der Waals surface area contributed by atoms with Gasteiger partial charge in [-0.2, -0.15) is 0 Å². The molecule has 9 heteroatoms. The Kier molecular flexibility index (Phi) is 5.48. The number of benzene rings is 1. The monoisotopic (exact) mass is 409 g/mol. The summed E-state index contributed by atoms with van der Waals surface area (Å²) in [5, 5.41) is 7.21. The van der Waals surface area contributed by atoms with Crippen molar-refractivity contribution in [1.29, 1.82) is 0 Å². The topological polar surface area (TPSA) is 78.5 Å². The Morgan fingerprint density at radius 1 is 1.37 bits per heavy atom. The van der Waals surface area contributed by atoms with Crippen LogP contribution in [0.4, 0.5) is 9.18 Å². The van der Waals surface area contributed by atoms with Gasteiger partial charge in [0.25, 0.3) is 5.91 Å². The average Bonchev–Trinajstić information content (AvgIpc) is 3.18. The molecular formula is C18H17ClFN3O3S. The third-order valence-corrected chi connectivity index (χ3v) is 5.57. The smallest absolute Gasteiger partial charge is 0.325 e. The van der Waals surface area contributed by atoms with Crippen molar-refractivity contribution in [2.75, 3.05) is 13.1 Å². The highest BCUT2D eigenvalue weighted by Gasteiger charge is 2.50. The van der Waals surface area contributed by atoms with Gasteiger partial charge < -0.3 is 10.6 Å². The number of amides is 4. The van der Waals surface area contributed by atoms with Crippen LogP contribution in [0.3, 0.4) is 0 Å². The van der Waals surface area contributed by atoms with Gasteiger partial charge in [-0.1, -0.05) is 23.7 Å². The van der Waals surface area contributed by atoms with E-state index in [9.17, 15) is 18.8 Å². The number of carbonyl (C=O) groups excluding carboxylic acids is 3. The van der Waals surface area contributed by atoms with Crippen molar-refractivity contribution < 1.29 is 18.8 Å². The van der Waals surface area contributed by atoms with Crippen LogP contribution in [0.25, 0.3) is 0 Å². The lowest BCUT2D eigenvalue weighted by Crippen LogP contribution is -2.43. The van der Waals surface area contributed by atoms with Crippen molar-refractivity contribution in [2.24, 2.45) is 0 Å². The maximum absolute atomic E-state index is 13.3. The van der Waals surface area contributed by atoms with E-state index >= 15 is 0 Å². The van der Waals surface area contributed by atoms with Gasteiger partial charge in [0.2, 0.25) is 5.91 Å². The first-order valence-electron chi connectivity index (χ1n) is 8.20. The van der Waals surface area contributed by atoms with Crippen molar-refractivity contribution in [3.05, 3.63) is 57.0 Å². The summed E-state index contributed by atoms with van der Waals surface area (Å²) in [4.78, 5) is 39.1. The molecule has 2 aromatic rings. The summed E-state index contributed by atoms with van der Waals surface area (Å²) in [5.41, 5.74) is -1.19. The normalized spacial score (nSPS) is 19.3. The van der Waals surface area contributed by atoms with E-state index in [-0.39, 0.29) is 10.6 Å². The molecule has 0 radical (unpaired) electrons. The van der Waals surface area contributed by atoms with E-state index in [2.05, 4.69) is 10.6 Å². The van der Waals surface area contributed by atoms with Crippen LogP contribution in [-0.4, -0.2) is 35.8 Å². The molecule has 0 aliphatic carbocycles. The highest BCUT2D eigenvalue weighted by Crippen LogP contribution is 2.33. The van der Waals surface area contributed by atoms with Gasteiger partial charge in [-0.15, -0.1) is 11.3 Å². The van der Waals surface area contributed by atoms with E-state index in [0.29, 0.717) is 13.0 Å². The van der Waals surface area contributed by atoms with E-state index in [1.807, 2.05) is 17.5 Å². The molecule has 0 bridgehead atoms. The Labute approximate surface area is 164 Å². The largest absolute Gasteiger partial charge is 0.354 e. The summed E-state index contributed by atoms with van der Waals surface area (Å²) in [6, 6.07) is 6.77. The summed E-state index contributed by atoms with van der Waals surface area (Å²) in [5.74, 6) is -1.61. The second-order valence-corrected chi connectivity index (χ2v) is 7.69. The van der Waals surface area contributed by atoms with Crippen LogP contribution in [-0.2, 0) is 21.5 Å². The standard InChI is InChI=1S/C18H17ClFN3O3S/c1-18(13-5-4-11(20)9-14(13)19)16(25)23(17(26)22-18)10-15(24)21-7-6-12-3-2-8-27-12/h2-5,8-9H,6-7,10H2,1H3,(H,21,24)(H,22,26). The van der Waals surface area contributed by atoms with Crippen LogP contribution in [0.2, 0.25) is 5.02 Å². The molecular weight excluding hydrogens is 393 g/mol. The maximum Gasteiger partial charge on any atom is 0.325 e. The number of urea groups is 1. The average molecular weight is 410 g/mol. The lowest BCUT2D eigenvalue weighted by atomic mass is 9.92. The zero-order valence-corrected chi connectivity index (χ0v) is 16.0. The molecule has 1 aliphatic heterocycles. The molecule has 1 aromatic heterocycles. The second kappa shape index (κ2) is 7.66. The zero-order chi connectivity index (χ0) is 19.6. The van der Waals surface area contributed by atoms with Crippen molar-refractivity contribution in [3.8, 4) is 0 Å². The fourth-order valence-electron chi connectivity index (χ4n) is 2.90.